The summed E-state index contributed by atoms with van der Waals surface area (Å²) < 4.78 is 0. The topological polar surface area (TPSA) is 0 Å². The summed E-state index contributed by atoms with van der Waals surface area (Å²) in [5.74, 6) is 0. The quantitative estimate of drug-likeness (QED) is 0.690. The Labute approximate surface area is 87.5 Å². The van der Waals surface area contributed by atoms with Crippen molar-refractivity contribution in [2.75, 3.05) is 5.33 Å². The lowest BCUT2D eigenvalue weighted by molar-refractivity contribution is -0.120. The fraction of sp³-hybridized carbons (Fsp3) is 0.500. The first kappa shape index (κ1) is 8.05. The van der Waals surface area contributed by atoms with Gasteiger partial charge < -0.3 is 0 Å². The maximum absolute atomic E-state index is 3.62. The molecule has 3 aliphatic rings. The van der Waals surface area contributed by atoms with Crippen molar-refractivity contribution >= 4 is 15.9 Å². The van der Waals surface area contributed by atoms with Crippen LogP contribution in [0.2, 0.25) is 0 Å². The first-order valence-electron chi connectivity index (χ1n) is 4.90. The smallest absolute Gasteiger partial charge is 0.00889 e. The van der Waals surface area contributed by atoms with E-state index in [0.717, 1.165) is 0 Å². The maximum Gasteiger partial charge on any atom is 0.00889 e. The van der Waals surface area contributed by atoms with Crippen LogP contribution in [-0.4, -0.2) is 5.33 Å². The van der Waals surface area contributed by atoms with Gasteiger partial charge in [-0.05, 0) is 35.7 Å². The zero-order valence-corrected chi connectivity index (χ0v) is 9.18. The van der Waals surface area contributed by atoms with Crippen LogP contribution in [0, 0.1) is 5.41 Å². The molecule has 3 saturated carbocycles. The minimum Gasteiger partial charge on any atom is -0.0922 e. The van der Waals surface area contributed by atoms with Crippen LogP contribution >= 0.6 is 15.9 Å². The molecule has 4 rings (SSSR count). The summed E-state index contributed by atoms with van der Waals surface area (Å²) >= 11 is 3.62. The third-order valence-electron chi connectivity index (χ3n) is 3.81. The van der Waals surface area contributed by atoms with Crippen LogP contribution in [0.25, 0.3) is 0 Å². The second-order valence-electron chi connectivity index (χ2n) is 4.81. The molecule has 2 bridgehead atoms. The van der Waals surface area contributed by atoms with Crippen molar-refractivity contribution in [1.82, 2.24) is 0 Å². The first-order valence-corrected chi connectivity index (χ1v) is 6.02. The molecule has 68 valence electrons. The minimum absolute atomic E-state index is 0.592. The summed E-state index contributed by atoms with van der Waals surface area (Å²) in [6.07, 6.45) is 4.24. The van der Waals surface area contributed by atoms with Gasteiger partial charge in [-0.2, -0.15) is 0 Å². The van der Waals surface area contributed by atoms with E-state index in [4.69, 9.17) is 0 Å². The maximum atomic E-state index is 3.62. The number of alkyl halides is 1. The van der Waals surface area contributed by atoms with Crippen molar-refractivity contribution < 1.29 is 0 Å². The molecule has 1 aromatic rings. The van der Waals surface area contributed by atoms with E-state index in [-0.39, 0.29) is 0 Å². The lowest BCUT2D eigenvalue weighted by Gasteiger charge is -2.71. The van der Waals surface area contributed by atoms with E-state index < -0.39 is 0 Å². The molecule has 1 heteroatoms. The molecule has 0 amide bonds. The Morgan fingerprint density at radius 2 is 1.69 bits per heavy atom. The number of hydrogen-bond acceptors (Lipinski definition) is 0. The molecule has 0 N–H and O–H groups in total. The van der Waals surface area contributed by atoms with Gasteiger partial charge in [0.25, 0.3) is 0 Å². The zero-order chi connectivity index (χ0) is 8.94. The van der Waals surface area contributed by atoms with E-state index in [1.54, 1.807) is 5.56 Å². The van der Waals surface area contributed by atoms with Crippen LogP contribution in [0.1, 0.15) is 24.8 Å². The largest absolute Gasteiger partial charge is 0.0922 e. The number of benzene rings is 1. The molecule has 0 nitrogen and oxygen atoms in total. The summed E-state index contributed by atoms with van der Waals surface area (Å²) in [7, 11) is 0. The molecule has 0 saturated heterocycles. The van der Waals surface area contributed by atoms with Gasteiger partial charge in [0.05, 0.1) is 0 Å². The Hall–Kier alpha value is -0.300. The van der Waals surface area contributed by atoms with Crippen LogP contribution in [0.15, 0.2) is 30.3 Å². The Morgan fingerprint density at radius 1 is 1.08 bits per heavy atom. The molecule has 0 heterocycles. The third-order valence-corrected chi connectivity index (χ3v) is 5.00. The molecular weight excluding hydrogens is 224 g/mol. The van der Waals surface area contributed by atoms with E-state index in [2.05, 4.69) is 46.3 Å². The number of hydrogen-bond donors (Lipinski definition) is 0. The standard InChI is InChI=1S/C12H13Br/c13-9-11-6-12(7-11,8-11)10-4-2-1-3-5-10/h1-5H,6-9H2. The summed E-state index contributed by atoms with van der Waals surface area (Å²) in [5, 5.41) is 1.20. The monoisotopic (exact) mass is 236 g/mol. The van der Waals surface area contributed by atoms with Crippen LogP contribution in [-0.2, 0) is 5.41 Å². The highest BCUT2D eigenvalue weighted by molar-refractivity contribution is 9.09. The Kier molecular flexibility index (Phi) is 1.48. The Balaban J connectivity index is 1.85. The van der Waals surface area contributed by atoms with Crippen molar-refractivity contribution in [3.63, 3.8) is 0 Å². The molecular formula is C12H13Br. The van der Waals surface area contributed by atoms with E-state index in [9.17, 15) is 0 Å². The fourth-order valence-electron chi connectivity index (χ4n) is 3.24. The summed E-state index contributed by atoms with van der Waals surface area (Å²) in [4.78, 5) is 0. The summed E-state index contributed by atoms with van der Waals surface area (Å²) in [6.45, 7) is 0. The summed E-state index contributed by atoms with van der Waals surface area (Å²) in [6, 6.07) is 11.0. The predicted octanol–water partition coefficient (Wildman–Crippen LogP) is 3.50. The van der Waals surface area contributed by atoms with Crippen molar-refractivity contribution in [2.24, 2.45) is 5.41 Å². The highest BCUT2D eigenvalue weighted by atomic mass is 79.9. The molecule has 0 radical (unpaired) electrons. The van der Waals surface area contributed by atoms with Gasteiger partial charge in [-0.15, -0.1) is 0 Å². The van der Waals surface area contributed by atoms with Gasteiger partial charge in [0.1, 0.15) is 0 Å². The lowest BCUT2D eigenvalue weighted by Crippen LogP contribution is -2.65. The first-order chi connectivity index (χ1) is 6.29. The molecule has 0 aromatic heterocycles. The number of rotatable bonds is 2. The van der Waals surface area contributed by atoms with Gasteiger partial charge in [-0.1, -0.05) is 46.3 Å². The predicted molar refractivity (Wildman–Crippen MR) is 58.2 cm³/mol. The van der Waals surface area contributed by atoms with E-state index >= 15 is 0 Å². The fourth-order valence-corrected chi connectivity index (χ4v) is 3.83. The van der Waals surface area contributed by atoms with E-state index in [0.29, 0.717) is 10.8 Å². The van der Waals surface area contributed by atoms with Gasteiger partial charge in [-0.3, -0.25) is 0 Å². The van der Waals surface area contributed by atoms with Crippen LogP contribution in [0.5, 0.6) is 0 Å². The summed E-state index contributed by atoms with van der Waals surface area (Å²) in [5.41, 5.74) is 2.85. The van der Waals surface area contributed by atoms with Gasteiger partial charge in [-0.25, -0.2) is 0 Å². The highest BCUT2D eigenvalue weighted by Crippen LogP contribution is 2.73. The number of halogens is 1. The molecule has 0 aliphatic heterocycles. The average molecular weight is 237 g/mol. The highest BCUT2D eigenvalue weighted by Gasteiger charge is 2.67. The van der Waals surface area contributed by atoms with E-state index in [1.165, 1.54) is 24.6 Å². The molecule has 13 heavy (non-hydrogen) atoms. The van der Waals surface area contributed by atoms with E-state index in [1.807, 2.05) is 0 Å². The van der Waals surface area contributed by atoms with Gasteiger partial charge in [0, 0.05) is 5.33 Å². The normalized spacial score (nSPS) is 40.7. The minimum atomic E-state index is 0.592. The lowest BCUT2D eigenvalue weighted by atomic mass is 9.34. The van der Waals surface area contributed by atoms with Crippen molar-refractivity contribution in [3.05, 3.63) is 35.9 Å². The second kappa shape index (κ2) is 2.38. The van der Waals surface area contributed by atoms with Crippen molar-refractivity contribution in [1.29, 1.82) is 0 Å². The van der Waals surface area contributed by atoms with Gasteiger partial charge >= 0.3 is 0 Å². The second-order valence-corrected chi connectivity index (χ2v) is 5.37. The van der Waals surface area contributed by atoms with Crippen LogP contribution in [0.4, 0.5) is 0 Å². The molecule has 0 spiro atoms. The van der Waals surface area contributed by atoms with Gasteiger partial charge in [0.15, 0.2) is 0 Å². The molecule has 3 fully saturated rings. The van der Waals surface area contributed by atoms with Crippen molar-refractivity contribution in [2.45, 2.75) is 24.7 Å². The molecule has 3 aliphatic carbocycles. The van der Waals surface area contributed by atoms with Crippen LogP contribution < -0.4 is 0 Å². The molecule has 0 atom stereocenters. The average Bonchev–Trinajstić information content (AvgIpc) is 2.02. The molecule has 1 aromatic carbocycles. The third kappa shape index (κ3) is 0.914. The Bertz CT molecular complexity index is 308. The van der Waals surface area contributed by atoms with Gasteiger partial charge in [0.2, 0.25) is 0 Å². The van der Waals surface area contributed by atoms with Crippen LogP contribution in [0.3, 0.4) is 0 Å². The zero-order valence-electron chi connectivity index (χ0n) is 7.59. The Morgan fingerprint density at radius 3 is 2.23 bits per heavy atom. The SMILES string of the molecule is BrCC12CC(c3ccccc3)(C1)C2. The van der Waals surface area contributed by atoms with Crippen molar-refractivity contribution in [3.8, 4) is 0 Å². The molecule has 0 unspecified atom stereocenters.